The van der Waals surface area contributed by atoms with Crippen LogP contribution in [-0.4, -0.2) is 74.3 Å². The van der Waals surface area contributed by atoms with E-state index < -0.39 is 60.2 Å². The second-order valence-corrected chi connectivity index (χ2v) is 10.4. The average molecular weight is 587 g/mol. The molecule has 4 unspecified atom stereocenters. The molecule has 0 aromatic heterocycles. The number of carboxylic acid groups (broad SMARTS) is 2. The predicted molar refractivity (Wildman–Crippen MR) is 151 cm³/mol. The molecule has 228 valence electrons. The number of hydrogen-bond acceptors (Lipinski definition) is 8. The Labute approximate surface area is 243 Å². The van der Waals surface area contributed by atoms with E-state index in [4.69, 9.17) is 10.8 Å². The van der Waals surface area contributed by atoms with Crippen LogP contribution < -0.4 is 21.7 Å². The zero-order valence-corrected chi connectivity index (χ0v) is 23.4. The van der Waals surface area contributed by atoms with Crippen LogP contribution in [0.1, 0.15) is 44.2 Å². The summed E-state index contributed by atoms with van der Waals surface area (Å²) in [4.78, 5) is 62.3. The second kappa shape index (κ2) is 16.0. The molecule has 0 saturated heterocycles. The van der Waals surface area contributed by atoms with Gasteiger partial charge in [-0.1, -0.05) is 38.1 Å². The van der Waals surface area contributed by atoms with Crippen molar-refractivity contribution in [2.75, 3.05) is 0 Å². The van der Waals surface area contributed by atoms with E-state index in [2.05, 4.69) is 16.0 Å². The fraction of sp³-hybridized carbons (Fsp3) is 0.414. The Kier molecular flexibility index (Phi) is 12.8. The summed E-state index contributed by atoms with van der Waals surface area (Å²) in [5.74, 6) is -4.89. The first kappa shape index (κ1) is 33.6. The average Bonchev–Trinajstić information content (AvgIpc) is 2.91. The number of carbonyl (C=O) groups is 5. The summed E-state index contributed by atoms with van der Waals surface area (Å²) < 4.78 is 0. The van der Waals surface area contributed by atoms with Gasteiger partial charge in [-0.15, -0.1) is 0 Å². The van der Waals surface area contributed by atoms with E-state index in [1.165, 1.54) is 36.4 Å². The summed E-state index contributed by atoms with van der Waals surface area (Å²) in [6.45, 7) is 3.59. The molecule has 0 radical (unpaired) electrons. The van der Waals surface area contributed by atoms with Gasteiger partial charge in [-0.3, -0.25) is 19.2 Å². The van der Waals surface area contributed by atoms with Crippen LogP contribution in [0.15, 0.2) is 48.5 Å². The maximum absolute atomic E-state index is 13.2. The molecule has 13 nitrogen and oxygen atoms in total. The van der Waals surface area contributed by atoms with Crippen LogP contribution in [0.3, 0.4) is 0 Å². The Morgan fingerprint density at radius 1 is 0.690 bits per heavy atom. The monoisotopic (exact) mass is 586 g/mol. The van der Waals surface area contributed by atoms with E-state index in [-0.39, 0.29) is 43.1 Å². The van der Waals surface area contributed by atoms with Crippen molar-refractivity contribution in [1.29, 1.82) is 0 Å². The molecule has 42 heavy (non-hydrogen) atoms. The van der Waals surface area contributed by atoms with Crippen LogP contribution in [0.25, 0.3) is 0 Å². The summed E-state index contributed by atoms with van der Waals surface area (Å²) in [6.07, 6.45) is -0.619. The summed E-state index contributed by atoms with van der Waals surface area (Å²) in [7, 11) is 0. The van der Waals surface area contributed by atoms with E-state index in [0.717, 1.165) is 0 Å². The normalized spacial score (nSPS) is 13.8. The molecule has 0 aliphatic carbocycles. The second-order valence-electron chi connectivity index (χ2n) is 10.4. The lowest BCUT2D eigenvalue weighted by Crippen LogP contribution is -2.57. The molecule has 0 fully saturated rings. The van der Waals surface area contributed by atoms with Crippen molar-refractivity contribution in [1.82, 2.24) is 16.0 Å². The third kappa shape index (κ3) is 11.5. The number of nitrogens with one attached hydrogen (secondary N) is 3. The van der Waals surface area contributed by atoms with Crippen molar-refractivity contribution in [3.8, 4) is 11.5 Å². The van der Waals surface area contributed by atoms with Crippen molar-refractivity contribution < 1.29 is 44.4 Å². The van der Waals surface area contributed by atoms with Crippen molar-refractivity contribution >= 4 is 29.7 Å². The number of benzene rings is 2. The first-order valence-corrected chi connectivity index (χ1v) is 13.4. The standard InChI is InChI=1S/C29H38N4O9/c1-16(2)13-23(28(40)33-24(29(41)42)15-18-5-9-20(35)10-6-18)32-27(39)22(11-12-25(36)37)31-26(38)21(30)14-17-3-7-19(34)8-4-17/h3-10,16,21-24,34-35H,11-15,30H2,1-2H3,(H,31,38)(H,32,39)(H,33,40)(H,36,37)(H,41,42). The molecule has 0 aliphatic rings. The molecule has 0 spiro atoms. The molecule has 0 bridgehead atoms. The number of hydrogen-bond donors (Lipinski definition) is 8. The van der Waals surface area contributed by atoms with Gasteiger partial charge in [0, 0.05) is 12.8 Å². The van der Waals surface area contributed by atoms with Gasteiger partial charge in [-0.2, -0.15) is 0 Å². The van der Waals surface area contributed by atoms with Crippen LogP contribution in [0.5, 0.6) is 11.5 Å². The Hall–Kier alpha value is -4.65. The van der Waals surface area contributed by atoms with Gasteiger partial charge >= 0.3 is 11.9 Å². The number of phenols is 2. The van der Waals surface area contributed by atoms with Crippen LogP contribution in [0.4, 0.5) is 0 Å². The van der Waals surface area contributed by atoms with Gasteiger partial charge in [0.15, 0.2) is 0 Å². The number of aliphatic carboxylic acids is 2. The largest absolute Gasteiger partial charge is 0.508 e. The van der Waals surface area contributed by atoms with Crippen molar-refractivity contribution in [3.63, 3.8) is 0 Å². The Balaban J connectivity index is 2.15. The highest BCUT2D eigenvalue weighted by molar-refractivity contribution is 5.94. The SMILES string of the molecule is CC(C)CC(NC(=O)C(CCC(=O)O)NC(=O)C(N)Cc1ccc(O)cc1)C(=O)NC(Cc1ccc(O)cc1)C(=O)O. The lowest BCUT2D eigenvalue weighted by Gasteiger charge is -2.26. The molecule has 0 aliphatic heterocycles. The van der Waals surface area contributed by atoms with Gasteiger partial charge in [-0.05, 0) is 60.6 Å². The first-order chi connectivity index (χ1) is 19.7. The molecule has 4 atom stereocenters. The number of phenolic OH excluding ortho intramolecular Hbond substituents is 2. The van der Waals surface area contributed by atoms with Crippen LogP contribution in [0.2, 0.25) is 0 Å². The van der Waals surface area contributed by atoms with Gasteiger partial charge in [-0.25, -0.2) is 4.79 Å². The Bertz CT molecular complexity index is 1230. The smallest absolute Gasteiger partial charge is 0.326 e. The van der Waals surface area contributed by atoms with E-state index in [1.54, 1.807) is 26.0 Å². The summed E-state index contributed by atoms with van der Waals surface area (Å²) in [5.41, 5.74) is 7.20. The topological polar surface area (TPSA) is 228 Å². The fourth-order valence-electron chi connectivity index (χ4n) is 4.11. The zero-order chi connectivity index (χ0) is 31.4. The summed E-state index contributed by atoms with van der Waals surface area (Å²) >= 11 is 0. The molecule has 2 rings (SSSR count). The molecule has 9 N–H and O–H groups in total. The van der Waals surface area contributed by atoms with E-state index >= 15 is 0 Å². The predicted octanol–water partition coefficient (Wildman–Crippen LogP) is 0.660. The van der Waals surface area contributed by atoms with Crippen LogP contribution >= 0.6 is 0 Å². The zero-order valence-electron chi connectivity index (χ0n) is 23.4. The molecule has 13 heteroatoms. The van der Waals surface area contributed by atoms with Crippen LogP contribution in [0, 0.1) is 5.92 Å². The van der Waals surface area contributed by atoms with Crippen molar-refractivity contribution in [2.45, 2.75) is 70.1 Å². The van der Waals surface area contributed by atoms with Crippen LogP contribution in [-0.2, 0) is 36.8 Å². The molecule has 3 amide bonds. The third-order valence-electron chi connectivity index (χ3n) is 6.34. The lowest BCUT2D eigenvalue weighted by molar-refractivity contribution is -0.142. The van der Waals surface area contributed by atoms with Gasteiger partial charge in [0.2, 0.25) is 17.7 Å². The highest BCUT2D eigenvalue weighted by Crippen LogP contribution is 2.14. The molecular weight excluding hydrogens is 548 g/mol. The number of nitrogens with two attached hydrogens (primary N) is 1. The minimum atomic E-state index is -1.34. The van der Waals surface area contributed by atoms with Gasteiger partial charge in [0.1, 0.15) is 29.6 Å². The molecule has 0 saturated carbocycles. The van der Waals surface area contributed by atoms with Gasteiger partial charge in [0.05, 0.1) is 6.04 Å². The number of rotatable bonds is 16. The van der Waals surface area contributed by atoms with E-state index in [0.29, 0.717) is 11.1 Å². The lowest BCUT2D eigenvalue weighted by atomic mass is 10.0. The maximum atomic E-state index is 13.2. The Morgan fingerprint density at radius 3 is 1.62 bits per heavy atom. The molecule has 2 aromatic carbocycles. The highest BCUT2D eigenvalue weighted by atomic mass is 16.4. The number of carboxylic acids is 2. The van der Waals surface area contributed by atoms with E-state index in [1.807, 2.05) is 0 Å². The first-order valence-electron chi connectivity index (χ1n) is 13.4. The number of carbonyl (C=O) groups excluding carboxylic acids is 3. The molecule has 2 aromatic rings. The summed E-state index contributed by atoms with van der Waals surface area (Å²) in [5, 5.41) is 45.2. The quantitative estimate of drug-likeness (QED) is 0.137. The highest BCUT2D eigenvalue weighted by Gasteiger charge is 2.31. The maximum Gasteiger partial charge on any atom is 0.326 e. The Morgan fingerprint density at radius 2 is 1.14 bits per heavy atom. The summed E-state index contributed by atoms with van der Waals surface area (Å²) in [6, 6.07) is 6.89. The molecular formula is C29H38N4O9. The minimum absolute atomic E-state index is 0.000207. The van der Waals surface area contributed by atoms with E-state index in [9.17, 15) is 39.3 Å². The molecule has 0 heterocycles. The van der Waals surface area contributed by atoms with Gasteiger partial charge < -0.3 is 42.1 Å². The number of aromatic hydroxyl groups is 2. The fourth-order valence-corrected chi connectivity index (χ4v) is 4.11. The van der Waals surface area contributed by atoms with Crippen molar-refractivity contribution in [2.24, 2.45) is 11.7 Å². The van der Waals surface area contributed by atoms with Gasteiger partial charge in [0.25, 0.3) is 0 Å². The number of amides is 3. The third-order valence-corrected chi connectivity index (χ3v) is 6.34. The minimum Gasteiger partial charge on any atom is -0.508 e. The van der Waals surface area contributed by atoms with Crippen molar-refractivity contribution in [3.05, 3.63) is 59.7 Å².